The van der Waals surface area contributed by atoms with Crippen molar-refractivity contribution >= 4 is 23.5 Å². The summed E-state index contributed by atoms with van der Waals surface area (Å²) in [5, 5.41) is 26.3. The van der Waals surface area contributed by atoms with Crippen LogP contribution in [0.2, 0.25) is 5.02 Å². The van der Waals surface area contributed by atoms with Crippen LogP contribution in [0.5, 0.6) is 0 Å². The fourth-order valence-corrected chi connectivity index (χ4v) is 3.78. The predicted molar refractivity (Wildman–Crippen MR) is 125 cm³/mol. The maximum absolute atomic E-state index is 14.2. The van der Waals surface area contributed by atoms with Gasteiger partial charge in [0.25, 0.3) is 5.91 Å². The Morgan fingerprint density at radius 1 is 1.21 bits per heavy atom. The second-order valence-electron chi connectivity index (χ2n) is 8.46. The molecule has 1 amide bonds. The van der Waals surface area contributed by atoms with E-state index >= 15 is 0 Å². The summed E-state index contributed by atoms with van der Waals surface area (Å²) >= 11 is 5.99. The van der Waals surface area contributed by atoms with Crippen LogP contribution in [0.3, 0.4) is 0 Å². The van der Waals surface area contributed by atoms with Crippen molar-refractivity contribution in [2.45, 2.75) is 39.2 Å². The van der Waals surface area contributed by atoms with Crippen LogP contribution in [0.15, 0.2) is 53.1 Å². The van der Waals surface area contributed by atoms with E-state index in [2.05, 4.69) is 10.5 Å². The van der Waals surface area contributed by atoms with E-state index in [-0.39, 0.29) is 18.6 Å². The molecule has 0 saturated carbocycles. The molecule has 0 spiro atoms. The third-order valence-electron chi connectivity index (χ3n) is 5.72. The first kappa shape index (κ1) is 25.4. The number of aliphatic carboxylic acids is 1. The number of nitrogens with zero attached hydrogens (tertiary/aromatic N) is 1. The zero-order chi connectivity index (χ0) is 24.9. The van der Waals surface area contributed by atoms with E-state index in [0.717, 1.165) is 5.56 Å². The largest absolute Gasteiger partial charge is 0.481 e. The molecule has 2 unspecified atom stereocenters. The summed E-state index contributed by atoms with van der Waals surface area (Å²) in [7, 11) is 0. The normalized spacial score (nSPS) is 13.8. The lowest BCUT2D eigenvalue weighted by Gasteiger charge is -2.28. The van der Waals surface area contributed by atoms with Crippen molar-refractivity contribution in [3.05, 3.63) is 76.4 Å². The van der Waals surface area contributed by atoms with E-state index < -0.39 is 35.8 Å². The summed E-state index contributed by atoms with van der Waals surface area (Å²) < 4.78 is 19.3. The molecule has 2 atom stereocenters. The number of halogens is 2. The Morgan fingerprint density at radius 2 is 1.91 bits per heavy atom. The highest BCUT2D eigenvalue weighted by molar-refractivity contribution is 6.30. The number of carbonyl (C=O) groups excluding carboxylic acids is 1. The lowest BCUT2D eigenvalue weighted by Crippen LogP contribution is -2.44. The Kier molecular flexibility index (Phi) is 8.06. The lowest BCUT2D eigenvalue weighted by atomic mass is 9.82. The smallest absolute Gasteiger partial charge is 0.311 e. The third kappa shape index (κ3) is 6.01. The molecule has 0 aliphatic rings. The van der Waals surface area contributed by atoms with Gasteiger partial charge < -0.3 is 20.1 Å². The fourth-order valence-electron chi connectivity index (χ4n) is 3.60. The monoisotopic (exact) mass is 488 g/mol. The molecule has 0 fully saturated rings. The molecule has 1 heterocycles. The van der Waals surface area contributed by atoms with E-state index in [1.165, 1.54) is 31.2 Å². The molecule has 180 valence electrons. The molecule has 1 aromatic heterocycles. The number of hydrogen-bond acceptors (Lipinski definition) is 5. The Hall–Kier alpha value is -3.23. The predicted octanol–water partition coefficient (Wildman–Crippen LogP) is 4.51. The number of aliphatic hydroxyl groups excluding tert-OH is 1. The highest BCUT2D eigenvalue weighted by Gasteiger charge is 2.36. The Morgan fingerprint density at radius 3 is 2.50 bits per heavy atom. The minimum Gasteiger partial charge on any atom is -0.481 e. The number of amides is 1. The summed E-state index contributed by atoms with van der Waals surface area (Å²) in [6.45, 7) is 2.70. The molecule has 3 N–H and O–H groups in total. The number of rotatable bonds is 10. The minimum atomic E-state index is -1.46. The highest BCUT2D eigenvalue weighted by atomic mass is 35.5. The second-order valence-corrected chi connectivity index (χ2v) is 8.90. The summed E-state index contributed by atoms with van der Waals surface area (Å²) in [6.07, 6.45) is 0.854. The van der Waals surface area contributed by atoms with Gasteiger partial charge in [-0.15, -0.1) is 0 Å². The number of carbonyl (C=O) groups is 2. The van der Waals surface area contributed by atoms with Crippen LogP contribution < -0.4 is 5.32 Å². The quantitative estimate of drug-likeness (QED) is 0.387. The Bertz CT molecular complexity index is 1160. The first-order chi connectivity index (χ1) is 16.1. The highest BCUT2D eigenvalue weighted by Crippen LogP contribution is 2.28. The van der Waals surface area contributed by atoms with Gasteiger partial charge in [-0.3, -0.25) is 9.59 Å². The van der Waals surface area contributed by atoms with Gasteiger partial charge in [-0.05, 0) is 55.5 Å². The number of aryl methyl sites for hydroxylation is 1. The topological polar surface area (TPSA) is 113 Å². The number of hydrogen-bond donors (Lipinski definition) is 3. The van der Waals surface area contributed by atoms with E-state index in [1.807, 2.05) is 6.92 Å². The number of benzene rings is 2. The van der Waals surface area contributed by atoms with Crippen molar-refractivity contribution in [1.82, 2.24) is 10.5 Å². The van der Waals surface area contributed by atoms with E-state index in [0.29, 0.717) is 28.3 Å². The van der Waals surface area contributed by atoms with Gasteiger partial charge in [0.2, 0.25) is 5.76 Å². The summed E-state index contributed by atoms with van der Waals surface area (Å²) in [5.41, 5.74) is 0.936. The van der Waals surface area contributed by atoms with E-state index in [4.69, 9.17) is 16.1 Å². The van der Waals surface area contributed by atoms with Crippen molar-refractivity contribution in [2.75, 3.05) is 6.61 Å². The van der Waals surface area contributed by atoms with Gasteiger partial charge in [-0.25, -0.2) is 4.39 Å². The van der Waals surface area contributed by atoms with Crippen LogP contribution in [0, 0.1) is 11.2 Å². The van der Waals surface area contributed by atoms with Gasteiger partial charge in [0.05, 0.1) is 17.7 Å². The molecule has 0 aliphatic heterocycles. The maximum atomic E-state index is 14.2. The number of aromatic nitrogens is 1. The van der Waals surface area contributed by atoms with Crippen LogP contribution in [0.1, 0.15) is 42.1 Å². The molecule has 0 saturated heterocycles. The summed E-state index contributed by atoms with van der Waals surface area (Å²) in [4.78, 5) is 24.5. The Balaban J connectivity index is 1.83. The van der Waals surface area contributed by atoms with Crippen LogP contribution in [-0.2, 0) is 17.6 Å². The van der Waals surface area contributed by atoms with Crippen molar-refractivity contribution in [2.24, 2.45) is 5.41 Å². The molecule has 2 aromatic carbocycles. The molecule has 0 radical (unpaired) electrons. The van der Waals surface area contributed by atoms with Gasteiger partial charge >= 0.3 is 5.97 Å². The van der Waals surface area contributed by atoms with Crippen LogP contribution >= 0.6 is 11.6 Å². The van der Waals surface area contributed by atoms with Crippen LogP contribution in [-0.4, -0.2) is 39.9 Å². The van der Waals surface area contributed by atoms with Gasteiger partial charge in [0.1, 0.15) is 5.82 Å². The van der Waals surface area contributed by atoms with E-state index in [9.17, 15) is 24.2 Å². The first-order valence-corrected chi connectivity index (χ1v) is 11.2. The summed E-state index contributed by atoms with van der Waals surface area (Å²) in [5.74, 6) is -2.08. The molecule has 34 heavy (non-hydrogen) atoms. The molecule has 0 bridgehead atoms. The molecule has 3 aromatic rings. The van der Waals surface area contributed by atoms with E-state index in [1.54, 1.807) is 24.3 Å². The fraction of sp³-hybridized carbons (Fsp3) is 0.320. The maximum Gasteiger partial charge on any atom is 0.311 e. The average molecular weight is 489 g/mol. The SMILES string of the molecule is CCc1cc(C(=O)NC(Cc2ccc(-c3cc(Cl)ccc3F)cc2)CC(C)(CO)C(=O)O)on1. The van der Waals surface area contributed by atoms with Gasteiger partial charge in [0, 0.05) is 22.7 Å². The zero-order valence-electron chi connectivity index (χ0n) is 18.8. The third-order valence-corrected chi connectivity index (χ3v) is 5.95. The molecular formula is C25H26ClFN2O5. The lowest BCUT2D eigenvalue weighted by molar-refractivity contribution is -0.151. The molecule has 9 heteroatoms. The second kappa shape index (κ2) is 10.8. The average Bonchev–Trinajstić information content (AvgIpc) is 3.30. The van der Waals surface area contributed by atoms with Gasteiger partial charge in [-0.2, -0.15) is 0 Å². The Labute approximate surface area is 201 Å². The number of aliphatic hydroxyl groups is 1. The van der Waals surface area contributed by atoms with Crippen molar-refractivity contribution in [1.29, 1.82) is 0 Å². The van der Waals surface area contributed by atoms with Crippen molar-refractivity contribution in [3.8, 4) is 11.1 Å². The molecule has 3 rings (SSSR count). The number of carboxylic acid groups (broad SMARTS) is 1. The standard InChI is InChI=1S/C25H26ClFN2O5/c1-3-18-12-22(34-29-18)23(31)28-19(13-25(2,14-30)24(32)33)10-15-4-6-16(7-5-15)20-11-17(26)8-9-21(20)27/h4-9,11-12,19,30H,3,10,13-14H2,1-2H3,(H,28,31)(H,32,33). The summed E-state index contributed by atoms with van der Waals surface area (Å²) in [6, 6.07) is 12.2. The first-order valence-electron chi connectivity index (χ1n) is 10.8. The van der Waals surface area contributed by atoms with Gasteiger partial charge in [-0.1, -0.05) is 47.9 Å². The molecule has 0 aliphatic carbocycles. The van der Waals surface area contributed by atoms with Crippen molar-refractivity contribution < 1.29 is 28.7 Å². The van der Waals surface area contributed by atoms with Crippen LogP contribution in [0.25, 0.3) is 11.1 Å². The molecule has 7 nitrogen and oxygen atoms in total. The van der Waals surface area contributed by atoms with Crippen LogP contribution in [0.4, 0.5) is 4.39 Å². The minimum absolute atomic E-state index is 0.0228. The van der Waals surface area contributed by atoms with Gasteiger partial charge in [0.15, 0.2) is 0 Å². The number of nitrogens with one attached hydrogen (secondary N) is 1. The van der Waals surface area contributed by atoms with Crippen molar-refractivity contribution in [3.63, 3.8) is 0 Å². The number of carboxylic acids is 1. The zero-order valence-corrected chi connectivity index (χ0v) is 19.6. The molecular weight excluding hydrogens is 463 g/mol.